The summed E-state index contributed by atoms with van der Waals surface area (Å²) in [5.41, 5.74) is 10.6. The lowest BCUT2D eigenvalue weighted by molar-refractivity contribution is 0.102. The van der Waals surface area contributed by atoms with Gasteiger partial charge in [0, 0.05) is 23.0 Å². The molecule has 4 heterocycles. The van der Waals surface area contributed by atoms with Gasteiger partial charge in [-0.3, -0.25) is 4.79 Å². The SMILES string of the molecule is Cc1ccc(-c2noc([C@H]3C[C@@H]3F)n2)cc1NC(=O)c1cnn2ccc(-c3nnc(N)nc3C)cc12. The molecule has 0 unspecified atom stereocenters. The van der Waals surface area contributed by atoms with Crippen LogP contribution in [0.1, 0.15) is 39.8 Å². The number of carbonyl (C=O) groups excluding carboxylic acids is 1. The van der Waals surface area contributed by atoms with Crippen LogP contribution in [-0.4, -0.2) is 47.0 Å². The van der Waals surface area contributed by atoms with Gasteiger partial charge in [-0.1, -0.05) is 17.3 Å². The Hall–Kier alpha value is -4.74. The Kier molecular flexibility index (Phi) is 4.95. The molecule has 0 radical (unpaired) electrons. The number of benzene rings is 1. The fourth-order valence-electron chi connectivity index (χ4n) is 4.00. The number of hydrogen-bond donors (Lipinski definition) is 2. The molecule has 0 saturated heterocycles. The average molecular weight is 485 g/mol. The van der Waals surface area contributed by atoms with E-state index in [1.54, 1.807) is 29.8 Å². The van der Waals surface area contributed by atoms with E-state index in [-0.39, 0.29) is 17.8 Å². The number of nitrogens with zero attached hydrogens (tertiary/aromatic N) is 7. The van der Waals surface area contributed by atoms with E-state index in [1.807, 2.05) is 25.1 Å². The van der Waals surface area contributed by atoms with Gasteiger partial charge in [-0.05, 0) is 44.0 Å². The standard InChI is InChI=1S/C24H20FN9O2/c1-11-3-4-14(21-30-23(36-33-21)15-9-17(15)25)7-18(11)29-22(35)16-10-27-34-6-5-13(8-19(16)34)20-12(2)28-24(26)32-31-20/h3-8,10,15,17H,9H2,1-2H3,(H,29,35)(H2,26,28,32)/t15-,17-/m0/s1. The number of nitrogen functional groups attached to an aromatic ring is 1. The first-order valence-electron chi connectivity index (χ1n) is 11.2. The molecule has 12 heteroatoms. The molecular formula is C24H20FN9O2. The van der Waals surface area contributed by atoms with Gasteiger partial charge in [-0.15, -0.1) is 10.2 Å². The lowest BCUT2D eigenvalue weighted by atomic mass is 10.1. The summed E-state index contributed by atoms with van der Waals surface area (Å²) in [5, 5.41) is 19.2. The van der Waals surface area contributed by atoms with Crippen LogP contribution in [-0.2, 0) is 0 Å². The summed E-state index contributed by atoms with van der Waals surface area (Å²) in [6, 6.07) is 9.05. The van der Waals surface area contributed by atoms with E-state index in [0.29, 0.717) is 51.9 Å². The number of pyridine rings is 1. The highest BCUT2D eigenvalue weighted by Crippen LogP contribution is 2.43. The van der Waals surface area contributed by atoms with Gasteiger partial charge in [0.05, 0.1) is 28.9 Å². The summed E-state index contributed by atoms with van der Waals surface area (Å²) < 4.78 is 20.2. The molecule has 3 N–H and O–H groups in total. The molecule has 1 aliphatic carbocycles. The second-order valence-corrected chi connectivity index (χ2v) is 8.71. The third kappa shape index (κ3) is 3.82. The van der Waals surface area contributed by atoms with Gasteiger partial charge in [0.25, 0.3) is 5.91 Å². The fraction of sp³-hybridized carbons (Fsp3) is 0.208. The van der Waals surface area contributed by atoms with Crippen LogP contribution in [0.5, 0.6) is 0 Å². The number of halogens is 1. The van der Waals surface area contributed by atoms with Gasteiger partial charge < -0.3 is 15.6 Å². The van der Waals surface area contributed by atoms with Gasteiger partial charge in [-0.25, -0.2) is 13.9 Å². The summed E-state index contributed by atoms with van der Waals surface area (Å²) in [6.07, 6.45) is 2.71. The smallest absolute Gasteiger partial charge is 0.259 e. The van der Waals surface area contributed by atoms with E-state index in [9.17, 15) is 9.18 Å². The number of hydrogen-bond acceptors (Lipinski definition) is 9. The number of nitrogens with one attached hydrogen (secondary N) is 1. The molecule has 1 aliphatic rings. The Balaban J connectivity index is 1.30. The Bertz CT molecular complexity index is 1640. The largest absolute Gasteiger partial charge is 0.366 e. The zero-order valence-corrected chi connectivity index (χ0v) is 19.3. The number of nitrogens with two attached hydrogens (primary N) is 1. The predicted molar refractivity (Wildman–Crippen MR) is 128 cm³/mol. The molecule has 1 fully saturated rings. The van der Waals surface area contributed by atoms with Crippen molar-refractivity contribution in [2.24, 2.45) is 0 Å². The first kappa shape index (κ1) is 21.8. The minimum Gasteiger partial charge on any atom is -0.366 e. The summed E-state index contributed by atoms with van der Waals surface area (Å²) >= 11 is 0. The summed E-state index contributed by atoms with van der Waals surface area (Å²) in [4.78, 5) is 21.7. The van der Waals surface area contributed by atoms with Crippen LogP contribution in [0, 0.1) is 13.8 Å². The number of alkyl halides is 1. The second kappa shape index (κ2) is 8.18. The second-order valence-electron chi connectivity index (χ2n) is 8.71. The van der Waals surface area contributed by atoms with Crippen molar-refractivity contribution in [2.45, 2.75) is 32.4 Å². The first-order chi connectivity index (χ1) is 17.4. The minimum absolute atomic E-state index is 0.0931. The number of anilines is 2. The number of amides is 1. The fourth-order valence-corrected chi connectivity index (χ4v) is 4.00. The maximum Gasteiger partial charge on any atom is 0.259 e. The Morgan fingerprint density at radius 2 is 2.00 bits per heavy atom. The van der Waals surface area contributed by atoms with Crippen molar-refractivity contribution in [1.29, 1.82) is 0 Å². The van der Waals surface area contributed by atoms with Gasteiger partial charge in [0.2, 0.25) is 17.7 Å². The van der Waals surface area contributed by atoms with Gasteiger partial charge >= 0.3 is 0 Å². The van der Waals surface area contributed by atoms with Crippen molar-refractivity contribution in [3.05, 3.63) is 65.4 Å². The van der Waals surface area contributed by atoms with Crippen molar-refractivity contribution in [1.82, 2.24) is 34.9 Å². The normalized spacial score (nSPS) is 16.9. The highest BCUT2D eigenvalue weighted by molar-refractivity contribution is 6.09. The van der Waals surface area contributed by atoms with Crippen molar-refractivity contribution in [2.75, 3.05) is 11.1 Å². The molecule has 0 spiro atoms. The third-order valence-corrected chi connectivity index (χ3v) is 6.13. The van der Waals surface area contributed by atoms with E-state index in [2.05, 4.69) is 35.7 Å². The van der Waals surface area contributed by atoms with E-state index < -0.39 is 6.17 Å². The number of aryl methyl sites for hydroxylation is 2. The lowest BCUT2D eigenvalue weighted by Gasteiger charge is -2.09. The molecule has 1 aromatic carbocycles. The molecule has 6 rings (SSSR count). The number of fused-ring (bicyclic) bond motifs is 1. The summed E-state index contributed by atoms with van der Waals surface area (Å²) in [5.74, 6) is 0.0641. The highest BCUT2D eigenvalue weighted by Gasteiger charge is 2.43. The summed E-state index contributed by atoms with van der Waals surface area (Å²) in [6.45, 7) is 3.67. The lowest BCUT2D eigenvalue weighted by Crippen LogP contribution is -2.12. The quantitative estimate of drug-likeness (QED) is 0.381. The third-order valence-electron chi connectivity index (χ3n) is 6.13. The first-order valence-corrected chi connectivity index (χ1v) is 11.2. The van der Waals surface area contributed by atoms with Crippen LogP contribution >= 0.6 is 0 Å². The van der Waals surface area contributed by atoms with Gasteiger partial charge in [0.1, 0.15) is 11.9 Å². The van der Waals surface area contributed by atoms with Crippen LogP contribution in [0.15, 0.2) is 47.2 Å². The highest BCUT2D eigenvalue weighted by atomic mass is 19.1. The molecule has 1 amide bonds. The van der Waals surface area contributed by atoms with Gasteiger partial charge in [-0.2, -0.15) is 10.1 Å². The van der Waals surface area contributed by atoms with Crippen LogP contribution in [0.4, 0.5) is 16.0 Å². The van der Waals surface area contributed by atoms with Crippen LogP contribution in [0.2, 0.25) is 0 Å². The molecular weight excluding hydrogens is 465 g/mol. The minimum atomic E-state index is -0.926. The molecule has 1 saturated carbocycles. The molecule has 4 aromatic heterocycles. The van der Waals surface area contributed by atoms with Crippen LogP contribution in [0.3, 0.4) is 0 Å². The number of rotatable bonds is 5. The van der Waals surface area contributed by atoms with E-state index in [0.717, 1.165) is 11.1 Å². The van der Waals surface area contributed by atoms with E-state index in [1.165, 1.54) is 6.20 Å². The molecule has 0 aliphatic heterocycles. The van der Waals surface area contributed by atoms with Gasteiger partial charge in [0.15, 0.2) is 0 Å². The monoisotopic (exact) mass is 485 g/mol. The van der Waals surface area contributed by atoms with Crippen molar-refractivity contribution >= 4 is 23.1 Å². The van der Waals surface area contributed by atoms with Crippen molar-refractivity contribution in [3.8, 4) is 22.6 Å². The molecule has 0 bridgehead atoms. The molecule has 5 aromatic rings. The topological polar surface area (TPSA) is 150 Å². The van der Waals surface area contributed by atoms with Crippen LogP contribution in [0.25, 0.3) is 28.2 Å². The van der Waals surface area contributed by atoms with Crippen LogP contribution < -0.4 is 11.1 Å². The van der Waals surface area contributed by atoms with Crippen molar-refractivity contribution in [3.63, 3.8) is 0 Å². The average Bonchev–Trinajstić information content (AvgIpc) is 3.23. The van der Waals surface area contributed by atoms with Crippen molar-refractivity contribution < 1.29 is 13.7 Å². The molecule has 180 valence electrons. The predicted octanol–water partition coefficient (Wildman–Crippen LogP) is 3.51. The zero-order valence-electron chi connectivity index (χ0n) is 19.3. The molecule has 11 nitrogen and oxygen atoms in total. The maximum atomic E-state index is 13.3. The zero-order chi connectivity index (χ0) is 25.0. The Morgan fingerprint density at radius 1 is 1.17 bits per heavy atom. The number of carbonyl (C=O) groups is 1. The molecule has 36 heavy (non-hydrogen) atoms. The maximum absolute atomic E-state index is 13.3. The van der Waals surface area contributed by atoms with E-state index in [4.69, 9.17) is 10.3 Å². The number of aromatic nitrogens is 7. The Morgan fingerprint density at radius 3 is 2.78 bits per heavy atom. The Labute approximate surface area is 203 Å². The van der Waals surface area contributed by atoms with E-state index >= 15 is 0 Å². The molecule has 2 atom stereocenters. The summed E-state index contributed by atoms with van der Waals surface area (Å²) in [7, 11) is 0.